The zero-order valence-electron chi connectivity index (χ0n) is 13.9. The molecule has 1 aliphatic heterocycles. The number of carbonyl (C=O) groups is 1. The van der Waals surface area contributed by atoms with Gasteiger partial charge in [0.15, 0.2) is 0 Å². The van der Waals surface area contributed by atoms with Gasteiger partial charge >= 0.3 is 0 Å². The Balaban J connectivity index is 1.47. The van der Waals surface area contributed by atoms with Crippen molar-refractivity contribution in [1.82, 2.24) is 9.80 Å². The van der Waals surface area contributed by atoms with Crippen LogP contribution in [0.2, 0.25) is 0 Å². The molecule has 0 atom stereocenters. The minimum absolute atomic E-state index is 0.0546. The third-order valence-corrected chi connectivity index (χ3v) is 6.15. The predicted molar refractivity (Wildman–Crippen MR) is 103 cm³/mol. The van der Waals surface area contributed by atoms with Gasteiger partial charge in [0.05, 0.1) is 6.54 Å². The Hall–Kier alpha value is -1.28. The molecule has 0 saturated carbocycles. The molecule has 1 aromatic carbocycles. The third kappa shape index (κ3) is 5.60. The lowest BCUT2D eigenvalue weighted by atomic mass is 10.3. The van der Waals surface area contributed by atoms with E-state index in [-0.39, 0.29) is 11.7 Å². The maximum Gasteiger partial charge on any atom is 0.238 e. The molecule has 0 bridgehead atoms. The Morgan fingerprint density at radius 1 is 1.12 bits per heavy atom. The number of thiophene rings is 1. The number of amides is 1. The summed E-state index contributed by atoms with van der Waals surface area (Å²) in [5.74, 6) is -0.357. The lowest BCUT2D eigenvalue weighted by Gasteiger charge is -2.21. The van der Waals surface area contributed by atoms with Crippen LogP contribution in [-0.4, -0.2) is 48.4 Å². The molecule has 0 radical (unpaired) electrons. The van der Waals surface area contributed by atoms with Crippen molar-refractivity contribution in [3.05, 3.63) is 50.9 Å². The van der Waals surface area contributed by atoms with Crippen LogP contribution >= 0.6 is 27.3 Å². The lowest BCUT2D eigenvalue weighted by molar-refractivity contribution is -0.117. The monoisotopic (exact) mass is 425 g/mol. The van der Waals surface area contributed by atoms with Gasteiger partial charge in [-0.1, -0.05) is 0 Å². The number of rotatable bonds is 5. The van der Waals surface area contributed by atoms with Crippen molar-refractivity contribution in [2.75, 3.05) is 38.0 Å². The Kier molecular flexibility index (Phi) is 6.58. The van der Waals surface area contributed by atoms with Crippen LogP contribution in [0, 0.1) is 5.82 Å². The van der Waals surface area contributed by atoms with E-state index < -0.39 is 0 Å². The molecule has 7 heteroatoms. The van der Waals surface area contributed by atoms with Crippen molar-refractivity contribution in [1.29, 1.82) is 0 Å². The highest BCUT2D eigenvalue weighted by atomic mass is 79.9. The smallest absolute Gasteiger partial charge is 0.238 e. The van der Waals surface area contributed by atoms with Gasteiger partial charge in [-0.15, -0.1) is 11.3 Å². The molecule has 25 heavy (non-hydrogen) atoms. The van der Waals surface area contributed by atoms with E-state index in [9.17, 15) is 9.18 Å². The lowest BCUT2D eigenvalue weighted by Crippen LogP contribution is -2.36. The van der Waals surface area contributed by atoms with E-state index in [1.165, 1.54) is 21.5 Å². The van der Waals surface area contributed by atoms with Gasteiger partial charge in [-0.25, -0.2) is 4.39 Å². The molecule has 134 valence electrons. The summed E-state index contributed by atoms with van der Waals surface area (Å²) >= 11 is 5.36. The molecule has 1 N–H and O–H groups in total. The summed E-state index contributed by atoms with van der Waals surface area (Å²) in [6.45, 7) is 5.11. The molecule has 4 nitrogen and oxygen atoms in total. The van der Waals surface area contributed by atoms with E-state index in [1.807, 2.05) is 0 Å². The fraction of sp³-hybridized carbons (Fsp3) is 0.389. The number of halogens is 2. The number of carbonyl (C=O) groups excluding carboxylic acids is 1. The first-order valence-corrected chi connectivity index (χ1v) is 9.99. The van der Waals surface area contributed by atoms with Crippen LogP contribution in [0.3, 0.4) is 0 Å². The molecule has 2 heterocycles. The maximum absolute atomic E-state index is 12.9. The van der Waals surface area contributed by atoms with Crippen LogP contribution in [0.5, 0.6) is 0 Å². The maximum atomic E-state index is 12.9. The summed E-state index contributed by atoms with van der Waals surface area (Å²) in [5, 5.41) is 4.93. The van der Waals surface area contributed by atoms with E-state index in [0.717, 1.165) is 39.1 Å². The fourth-order valence-corrected chi connectivity index (χ4v) is 4.44. The highest BCUT2D eigenvalue weighted by molar-refractivity contribution is 9.10. The summed E-state index contributed by atoms with van der Waals surface area (Å²) < 4.78 is 14.1. The average Bonchev–Trinajstić information content (AvgIpc) is 2.85. The first kappa shape index (κ1) is 18.5. The van der Waals surface area contributed by atoms with E-state index in [0.29, 0.717) is 12.2 Å². The average molecular weight is 426 g/mol. The van der Waals surface area contributed by atoms with Gasteiger partial charge in [-0.05, 0) is 71.2 Å². The molecule has 0 spiro atoms. The summed E-state index contributed by atoms with van der Waals surface area (Å²) in [6.07, 6.45) is 1.05. The van der Waals surface area contributed by atoms with Gasteiger partial charge in [0, 0.05) is 34.7 Å². The number of hydrogen-bond donors (Lipinski definition) is 1. The van der Waals surface area contributed by atoms with Crippen LogP contribution in [0.4, 0.5) is 10.1 Å². The Labute approximate surface area is 159 Å². The fourth-order valence-electron chi connectivity index (χ4n) is 2.92. The quantitative estimate of drug-likeness (QED) is 0.790. The minimum atomic E-state index is -0.303. The van der Waals surface area contributed by atoms with Crippen LogP contribution in [0.25, 0.3) is 0 Å². The zero-order chi connectivity index (χ0) is 17.6. The highest BCUT2D eigenvalue weighted by Gasteiger charge is 2.18. The van der Waals surface area contributed by atoms with Crippen LogP contribution in [0.15, 0.2) is 40.2 Å². The van der Waals surface area contributed by atoms with Gasteiger partial charge in [-0.3, -0.25) is 14.6 Å². The van der Waals surface area contributed by atoms with Crippen molar-refractivity contribution in [2.24, 2.45) is 0 Å². The summed E-state index contributed by atoms with van der Waals surface area (Å²) in [4.78, 5) is 18.2. The van der Waals surface area contributed by atoms with E-state index >= 15 is 0 Å². The molecule has 2 aromatic rings. The topological polar surface area (TPSA) is 35.6 Å². The number of nitrogens with one attached hydrogen (secondary N) is 1. The van der Waals surface area contributed by atoms with Crippen LogP contribution < -0.4 is 5.32 Å². The molecule has 3 rings (SSSR count). The Morgan fingerprint density at radius 2 is 1.84 bits per heavy atom. The van der Waals surface area contributed by atoms with Gasteiger partial charge < -0.3 is 5.32 Å². The summed E-state index contributed by atoms with van der Waals surface area (Å²) in [6, 6.07) is 7.95. The second-order valence-corrected chi connectivity index (χ2v) is 8.01. The Morgan fingerprint density at radius 3 is 2.56 bits per heavy atom. The molecular formula is C18H21BrFN3OS. The molecule has 1 saturated heterocycles. The van der Waals surface area contributed by atoms with E-state index in [1.54, 1.807) is 23.5 Å². The van der Waals surface area contributed by atoms with E-state index in [4.69, 9.17) is 0 Å². The van der Waals surface area contributed by atoms with Gasteiger partial charge in [0.1, 0.15) is 5.82 Å². The normalized spacial score (nSPS) is 16.6. The number of hydrogen-bond acceptors (Lipinski definition) is 4. The number of anilines is 1. The van der Waals surface area contributed by atoms with Crippen molar-refractivity contribution in [3.63, 3.8) is 0 Å². The SMILES string of the molecule is O=C(CN1CCCN(Cc2sccc2Br)CC1)Nc1ccc(F)cc1. The van der Waals surface area contributed by atoms with Crippen LogP contribution in [0.1, 0.15) is 11.3 Å². The first-order valence-electron chi connectivity index (χ1n) is 8.32. The standard InChI is InChI=1S/C18H21BrFN3OS/c19-16-6-11-25-17(16)12-22-7-1-8-23(10-9-22)13-18(24)21-15-4-2-14(20)3-5-15/h2-6,11H,1,7-10,12-13H2,(H,21,24). The molecule has 1 fully saturated rings. The van der Waals surface area contributed by atoms with Crippen molar-refractivity contribution < 1.29 is 9.18 Å². The molecule has 1 aliphatic rings. The second kappa shape index (κ2) is 8.89. The largest absolute Gasteiger partial charge is 0.325 e. The molecule has 0 unspecified atom stereocenters. The van der Waals surface area contributed by atoms with E-state index in [2.05, 4.69) is 42.5 Å². The van der Waals surface area contributed by atoms with Gasteiger partial charge in [0.25, 0.3) is 0 Å². The van der Waals surface area contributed by atoms with Crippen molar-refractivity contribution in [2.45, 2.75) is 13.0 Å². The van der Waals surface area contributed by atoms with Crippen molar-refractivity contribution >= 4 is 38.9 Å². The van der Waals surface area contributed by atoms with Gasteiger partial charge in [0.2, 0.25) is 5.91 Å². The van der Waals surface area contributed by atoms with Crippen molar-refractivity contribution in [3.8, 4) is 0 Å². The second-order valence-electron chi connectivity index (χ2n) is 6.15. The Bertz CT molecular complexity index is 707. The number of benzene rings is 1. The van der Waals surface area contributed by atoms with Crippen LogP contribution in [-0.2, 0) is 11.3 Å². The highest BCUT2D eigenvalue weighted by Crippen LogP contribution is 2.24. The molecular weight excluding hydrogens is 405 g/mol. The first-order chi connectivity index (χ1) is 12.1. The molecule has 1 amide bonds. The molecule has 1 aromatic heterocycles. The summed E-state index contributed by atoms with van der Waals surface area (Å²) in [7, 11) is 0. The summed E-state index contributed by atoms with van der Waals surface area (Å²) in [5.41, 5.74) is 0.630. The minimum Gasteiger partial charge on any atom is -0.325 e. The number of nitrogens with zero attached hydrogens (tertiary/aromatic N) is 2. The molecule has 0 aliphatic carbocycles. The van der Waals surface area contributed by atoms with Gasteiger partial charge in [-0.2, -0.15) is 0 Å². The zero-order valence-corrected chi connectivity index (χ0v) is 16.3. The predicted octanol–water partition coefficient (Wildman–Crippen LogP) is 3.80. The third-order valence-electron chi connectivity index (χ3n) is 4.23.